The maximum absolute atomic E-state index is 13.0. The zero-order valence-corrected chi connectivity index (χ0v) is 17.2. The molecule has 2 N–H and O–H groups in total. The van der Waals surface area contributed by atoms with Gasteiger partial charge in [-0.3, -0.25) is 4.79 Å². The summed E-state index contributed by atoms with van der Waals surface area (Å²) >= 11 is 0. The summed E-state index contributed by atoms with van der Waals surface area (Å²) in [5, 5.41) is 12.1. The minimum Gasteiger partial charge on any atom is -0.482 e. The Morgan fingerprint density at radius 1 is 0.935 bits per heavy atom. The summed E-state index contributed by atoms with van der Waals surface area (Å²) in [7, 11) is 0. The van der Waals surface area contributed by atoms with Gasteiger partial charge in [0.15, 0.2) is 6.61 Å². The molecule has 0 aliphatic heterocycles. The highest BCUT2D eigenvalue weighted by Crippen LogP contribution is 2.40. The second-order valence-electron chi connectivity index (χ2n) is 7.77. The molecule has 0 radical (unpaired) electrons. The second kappa shape index (κ2) is 9.47. The van der Waals surface area contributed by atoms with Crippen molar-refractivity contribution in [3.8, 4) is 5.75 Å². The van der Waals surface area contributed by atoms with Crippen LogP contribution in [0.25, 0.3) is 0 Å². The zero-order chi connectivity index (χ0) is 21.6. The van der Waals surface area contributed by atoms with Crippen LogP contribution >= 0.6 is 0 Å². The fraction of sp³-hybridized carbons (Fsp3) is 0.231. The van der Waals surface area contributed by atoms with E-state index in [1.54, 1.807) is 6.07 Å². The number of carbonyl (C=O) groups excluding carboxylic acids is 1. The van der Waals surface area contributed by atoms with E-state index in [0.717, 1.165) is 35.1 Å². The first-order chi connectivity index (χ1) is 15.1. The predicted molar refractivity (Wildman–Crippen MR) is 118 cm³/mol. The summed E-state index contributed by atoms with van der Waals surface area (Å²) in [4.78, 5) is 23.9. The van der Waals surface area contributed by atoms with E-state index in [0.29, 0.717) is 12.2 Å². The molecule has 1 aliphatic carbocycles. The average Bonchev–Trinajstić information content (AvgIpc) is 3.20. The van der Waals surface area contributed by atoms with Crippen LogP contribution in [0.4, 0.5) is 0 Å². The van der Waals surface area contributed by atoms with Crippen molar-refractivity contribution < 1.29 is 19.4 Å². The van der Waals surface area contributed by atoms with E-state index in [1.165, 1.54) is 0 Å². The molecular formula is C26H25NO4. The van der Waals surface area contributed by atoms with Gasteiger partial charge in [0.05, 0.1) is 6.04 Å². The molecule has 1 amide bonds. The highest BCUT2D eigenvalue weighted by atomic mass is 16.5. The lowest BCUT2D eigenvalue weighted by molar-refractivity contribution is -0.139. The van der Waals surface area contributed by atoms with E-state index in [1.807, 2.05) is 72.8 Å². The van der Waals surface area contributed by atoms with E-state index in [9.17, 15) is 9.59 Å². The number of ether oxygens (including phenoxy) is 1. The maximum Gasteiger partial charge on any atom is 0.341 e. The van der Waals surface area contributed by atoms with Gasteiger partial charge >= 0.3 is 5.97 Å². The Hall–Kier alpha value is -3.60. The second-order valence-corrected chi connectivity index (χ2v) is 7.77. The number of amides is 1. The van der Waals surface area contributed by atoms with Crippen molar-refractivity contribution in [2.24, 2.45) is 0 Å². The molecule has 3 aromatic carbocycles. The molecule has 0 aromatic heterocycles. The zero-order valence-electron chi connectivity index (χ0n) is 17.2. The molecule has 31 heavy (non-hydrogen) atoms. The minimum atomic E-state index is -1.00. The average molecular weight is 415 g/mol. The molecule has 0 heterocycles. The van der Waals surface area contributed by atoms with Crippen LogP contribution in [-0.2, 0) is 16.0 Å². The number of rotatable bonds is 8. The van der Waals surface area contributed by atoms with Gasteiger partial charge in [0.1, 0.15) is 5.75 Å². The SMILES string of the molecule is O=C(O)COc1cccc2c1CCC2CC(=O)NC(c1ccccc1)c1ccccc1. The Morgan fingerprint density at radius 3 is 2.19 bits per heavy atom. The lowest BCUT2D eigenvalue weighted by atomic mass is 9.95. The van der Waals surface area contributed by atoms with Gasteiger partial charge in [-0.2, -0.15) is 0 Å². The fourth-order valence-corrected chi connectivity index (χ4v) is 4.29. The largest absolute Gasteiger partial charge is 0.482 e. The van der Waals surface area contributed by atoms with Crippen LogP contribution in [-0.4, -0.2) is 23.6 Å². The predicted octanol–water partition coefficient (Wildman–Crippen LogP) is 4.48. The summed E-state index contributed by atoms with van der Waals surface area (Å²) in [5.41, 5.74) is 4.18. The lowest BCUT2D eigenvalue weighted by Crippen LogP contribution is -2.30. The first-order valence-electron chi connectivity index (χ1n) is 10.5. The van der Waals surface area contributed by atoms with Crippen LogP contribution in [0.3, 0.4) is 0 Å². The van der Waals surface area contributed by atoms with Gasteiger partial charge in [-0.25, -0.2) is 4.79 Å². The molecule has 1 unspecified atom stereocenters. The normalized spacial score (nSPS) is 14.8. The van der Waals surface area contributed by atoms with Crippen LogP contribution in [0.15, 0.2) is 78.9 Å². The van der Waals surface area contributed by atoms with Gasteiger partial charge in [-0.05, 0) is 47.1 Å². The monoisotopic (exact) mass is 415 g/mol. The highest BCUT2D eigenvalue weighted by Gasteiger charge is 2.28. The Balaban J connectivity index is 1.49. The maximum atomic E-state index is 13.0. The standard InChI is InChI=1S/C26H25NO4/c28-24(27-26(18-8-3-1-4-9-18)19-10-5-2-6-11-19)16-20-14-15-22-21(20)12-7-13-23(22)31-17-25(29)30/h1-13,20,26H,14-17H2,(H,27,28)(H,29,30). The number of fused-ring (bicyclic) bond motifs is 1. The lowest BCUT2D eigenvalue weighted by Gasteiger charge is -2.21. The van der Waals surface area contributed by atoms with E-state index in [4.69, 9.17) is 9.84 Å². The molecule has 3 aromatic rings. The third kappa shape index (κ3) is 4.94. The number of benzene rings is 3. The summed E-state index contributed by atoms with van der Waals surface area (Å²) in [5.74, 6) is -0.309. The Morgan fingerprint density at radius 2 is 1.58 bits per heavy atom. The van der Waals surface area contributed by atoms with Gasteiger partial charge < -0.3 is 15.2 Å². The van der Waals surface area contributed by atoms with Crippen molar-refractivity contribution in [1.82, 2.24) is 5.32 Å². The Labute approximate surface area is 181 Å². The van der Waals surface area contributed by atoms with Gasteiger partial charge in [-0.15, -0.1) is 0 Å². The molecule has 158 valence electrons. The molecule has 0 saturated heterocycles. The third-order valence-electron chi connectivity index (χ3n) is 5.71. The minimum absolute atomic E-state index is 0.00702. The number of carbonyl (C=O) groups is 2. The molecule has 1 aliphatic rings. The fourth-order valence-electron chi connectivity index (χ4n) is 4.29. The molecular weight excluding hydrogens is 390 g/mol. The smallest absolute Gasteiger partial charge is 0.341 e. The van der Waals surface area contributed by atoms with Crippen molar-refractivity contribution in [2.45, 2.75) is 31.2 Å². The summed E-state index contributed by atoms with van der Waals surface area (Å²) < 4.78 is 5.44. The Kier molecular flexibility index (Phi) is 6.32. The number of nitrogens with one attached hydrogen (secondary N) is 1. The molecule has 0 spiro atoms. The molecule has 1 atom stereocenters. The molecule has 5 nitrogen and oxygen atoms in total. The molecule has 0 fully saturated rings. The summed E-state index contributed by atoms with van der Waals surface area (Å²) in [6.07, 6.45) is 2.01. The molecule has 0 saturated carbocycles. The van der Waals surface area contributed by atoms with E-state index in [2.05, 4.69) is 5.32 Å². The number of carboxylic acids is 1. The number of hydrogen-bond donors (Lipinski definition) is 2. The van der Waals surface area contributed by atoms with E-state index < -0.39 is 5.97 Å². The summed E-state index contributed by atoms with van der Waals surface area (Å²) in [6.45, 7) is -0.364. The van der Waals surface area contributed by atoms with Gasteiger partial charge in [0.25, 0.3) is 0 Å². The van der Waals surface area contributed by atoms with Crippen molar-refractivity contribution >= 4 is 11.9 Å². The first-order valence-corrected chi connectivity index (χ1v) is 10.5. The topological polar surface area (TPSA) is 75.6 Å². The Bertz CT molecular complexity index is 1010. The van der Waals surface area contributed by atoms with Crippen LogP contribution in [0.2, 0.25) is 0 Å². The molecule has 0 bridgehead atoms. The third-order valence-corrected chi connectivity index (χ3v) is 5.71. The molecule has 4 rings (SSSR count). The van der Waals surface area contributed by atoms with Crippen molar-refractivity contribution in [3.63, 3.8) is 0 Å². The van der Waals surface area contributed by atoms with E-state index in [-0.39, 0.29) is 24.5 Å². The van der Waals surface area contributed by atoms with Crippen molar-refractivity contribution in [2.75, 3.05) is 6.61 Å². The van der Waals surface area contributed by atoms with Gasteiger partial charge in [0, 0.05) is 6.42 Å². The quantitative estimate of drug-likeness (QED) is 0.569. The summed E-state index contributed by atoms with van der Waals surface area (Å²) in [6, 6.07) is 25.4. The van der Waals surface area contributed by atoms with Crippen LogP contribution in [0, 0.1) is 0 Å². The van der Waals surface area contributed by atoms with Crippen LogP contribution < -0.4 is 10.1 Å². The van der Waals surface area contributed by atoms with Crippen LogP contribution in [0.1, 0.15) is 47.1 Å². The highest BCUT2D eigenvalue weighted by molar-refractivity contribution is 5.78. The first kappa shape index (κ1) is 20.7. The van der Waals surface area contributed by atoms with Crippen molar-refractivity contribution in [3.05, 3.63) is 101 Å². The number of aliphatic carboxylic acids is 1. The van der Waals surface area contributed by atoms with E-state index >= 15 is 0 Å². The number of hydrogen-bond acceptors (Lipinski definition) is 3. The number of carboxylic acid groups (broad SMARTS) is 1. The van der Waals surface area contributed by atoms with Crippen molar-refractivity contribution in [1.29, 1.82) is 0 Å². The van der Waals surface area contributed by atoms with Gasteiger partial charge in [-0.1, -0.05) is 72.8 Å². The molecule has 5 heteroatoms. The van der Waals surface area contributed by atoms with Gasteiger partial charge in [0.2, 0.25) is 5.91 Å². The van der Waals surface area contributed by atoms with Crippen LogP contribution in [0.5, 0.6) is 5.75 Å².